The fraction of sp³-hybridized carbons (Fsp3) is 0.167. The fourth-order valence-electron chi connectivity index (χ4n) is 1.54. The van der Waals surface area contributed by atoms with E-state index < -0.39 is 0 Å². The minimum Gasteiger partial charge on any atom is -0.508 e. The van der Waals surface area contributed by atoms with Crippen LogP contribution >= 0.6 is 11.3 Å². The average molecular weight is 219 g/mol. The zero-order chi connectivity index (χ0) is 10.8. The van der Waals surface area contributed by atoms with Gasteiger partial charge in [0, 0.05) is 10.4 Å². The minimum atomic E-state index is -0.232. The number of thiophene rings is 1. The van der Waals surface area contributed by atoms with Crippen molar-refractivity contribution in [3.8, 4) is 5.75 Å². The molecule has 0 aliphatic carbocycles. The molecule has 3 N–H and O–H groups in total. The fourth-order valence-corrected chi connectivity index (χ4v) is 2.29. The molecule has 15 heavy (non-hydrogen) atoms. The number of nitrogens with two attached hydrogens (primary N) is 1. The molecule has 0 saturated carbocycles. The molecule has 2 nitrogen and oxygen atoms in total. The number of phenolic OH excluding ortho intramolecular Hbond substituents is 1. The Morgan fingerprint density at radius 1 is 1.33 bits per heavy atom. The Kier molecular flexibility index (Phi) is 2.75. The van der Waals surface area contributed by atoms with Crippen LogP contribution in [-0.2, 0) is 0 Å². The van der Waals surface area contributed by atoms with E-state index in [2.05, 4.69) is 0 Å². The molecule has 2 rings (SSSR count). The molecular formula is C12H13NOS. The van der Waals surface area contributed by atoms with Crippen LogP contribution in [0.25, 0.3) is 0 Å². The minimum absolute atomic E-state index is 0.232. The summed E-state index contributed by atoms with van der Waals surface area (Å²) in [5, 5.41) is 11.7. The third-order valence-electron chi connectivity index (χ3n) is 2.37. The Hall–Kier alpha value is -1.32. The standard InChI is InChI=1S/C12H13NOS/c1-8-4-5-10(14)9(7-8)12(13)11-3-2-6-15-11/h2-7,12,14H,13H2,1H3/t12-/m1/s1. The van der Waals surface area contributed by atoms with E-state index >= 15 is 0 Å². The Morgan fingerprint density at radius 2 is 2.13 bits per heavy atom. The summed E-state index contributed by atoms with van der Waals surface area (Å²) in [6.45, 7) is 1.99. The number of rotatable bonds is 2. The van der Waals surface area contributed by atoms with Crippen LogP contribution in [-0.4, -0.2) is 5.11 Å². The maximum atomic E-state index is 9.73. The van der Waals surface area contributed by atoms with E-state index in [4.69, 9.17) is 5.73 Å². The Bertz CT molecular complexity index is 451. The van der Waals surface area contributed by atoms with Gasteiger partial charge in [-0.15, -0.1) is 11.3 Å². The smallest absolute Gasteiger partial charge is 0.120 e. The third kappa shape index (κ3) is 2.03. The Labute approximate surface area is 93.0 Å². The second-order valence-electron chi connectivity index (χ2n) is 3.56. The van der Waals surface area contributed by atoms with Crippen LogP contribution in [0.3, 0.4) is 0 Å². The Morgan fingerprint density at radius 3 is 2.80 bits per heavy atom. The van der Waals surface area contributed by atoms with Crippen LogP contribution in [0.2, 0.25) is 0 Å². The van der Waals surface area contributed by atoms with Crippen molar-refractivity contribution in [1.29, 1.82) is 0 Å². The lowest BCUT2D eigenvalue weighted by molar-refractivity contribution is 0.465. The van der Waals surface area contributed by atoms with Crippen LogP contribution in [0.1, 0.15) is 22.0 Å². The van der Waals surface area contributed by atoms with E-state index in [1.807, 2.05) is 36.6 Å². The number of hydrogen-bond acceptors (Lipinski definition) is 3. The molecule has 0 unspecified atom stereocenters. The van der Waals surface area contributed by atoms with Crippen LogP contribution in [0, 0.1) is 6.92 Å². The summed E-state index contributed by atoms with van der Waals surface area (Å²) in [4.78, 5) is 1.07. The maximum Gasteiger partial charge on any atom is 0.120 e. The number of hydrogen-bond donors (Lipinski definition) is 2. The van der Waals surface area contributed by atoms with Gasteiger partial charge < -0.3 is 10.8 Å². The lowest BCUT2D eigenvalue weighted by Crippen LogP contribution is -2.10. The van der Waals surface area contributed by atoms with E-state index in [1.165, 1.54) is 0 Å². The van der Waals surface area contributed by atoms with Crippen molar-refractivity contribution >= 4 is 11.3 Å². The monoisotopic (exact) mass is 219 g/mol. The van der Waals surface area contributed by atoms with Crippen LogP contribution in [0.15, 0.2) is 35.7 Å². The highest BCUT2D eigenvalue weighted by Gasteiger charge is 2.13. The largest absolute Gasteiger partial charge is 0.508 e. The van der Waals surface area contributed by atoms with Crippen molar-refractivity contribution < 1.29 is 5.11 Å². The summed E-state index contributed by atoms with van der Waals surface area (Å²) in [5.41, 5.74) is 7.98. The first-order chi connectivity index (χ1) is 7.18. The molecule has 0 fully saturated rings. The SMILES string of the molecule is Cc1ccc(O)c([C@@H](N)c2cccs2)c1. The van der Waals surface area contributed by atoms with E-state index in [0.717, 1.165) is 16.0 Å². The van der Waals surface area contributed by atoms with E-state index in [-0.39, 0.29) is 11.8 Å². The van der Waals surface area contributed by atoms with Crippen LogP contribution < -0.4 is 5.73 Å². The molecule has 1 aromatic heterocycles. The van der Waals surface area contributed by atoms with E-state index in [0.29, 0.717) is 0 Å². The van der Waals surface area contributed by atoms with E-state index in [9.17, 15) is 5.11 Å². The number of phenols is 1. The molecule has 0 aliphatic rings. The van der Waals surface area contributed by atoms with Gasteiger partial charge in [-0.25, -0.2) is 0 Å². The summed E-state index contributed by atoms with van der Waals surface area (Å²) in [7, 11) is 0. The van der Waals surface area contributed by atoms with Crippen molar-refractivity contribution in [3.05, 3.63) is 51.7 Å². The number of benzene rings is 1. The second kappa shape index (κ2) is 4.04. The molecule has 0 radical (unpaired) electrons. The van der Waals surface area contributed by atoms with Crippen molar-refractivity contribution in [3.63, 3.8) is 0 Å². The van der Waals surface area contributed by atoms with Gasteiger partial charge in [-0.1, -0.05) is 23.8 Å². The molecule has 0 spiro atoms. The normalized spacial score (nSPS) is 12.7. The van der Waals surface area contributed by atoms with E-state index in [1.54, 1.807) is 17.4 Å². The second-order valence-corrected chi connectivity index (χ2v) is 4.53. The predicted molar refractivity (Wildman–Crippen MR) is 63.2 cm³/mol. The first-order valence-electron chi connectivity index (χ1n) is 4.77. The van der Waals surface area contributed by atoms with Gasteiger partial charge in [-0.2, -0.15) is 0 Å². The lowest BCUT2D eigenvalue weighted by Gasteiger charge is -2.12. The molecule has 3 heteroatoms. The first kappa shape index (κ1) is 10.2. The quantitative estimate of drug-likeness (QED) is 0.815. The third-order valence-corrected chi connectivity index (χ3v) is 3.32. The van der Waals surface area contributed by atoms with Gasteiger partial charge >= 0.3 is 0 Å². The molecule has 78 valence electrons. The highest BCUT2D eigenvalue weighted by molar-refractivity contribution is 7.10. The highest BCUT2D eigenvalue weighted by Crippen LogP contribution is 2.30. The van der Waals surface area contributed by atoms with Crippen molar-refractivity contribution in [2.75, 3.05) is 0 Å². The van der Waals surface area contributed by atoms with Gasteiger partial charge in [0.05, 0.1) is 6.04 Å². The first-order valence-corrected chi connectivity index (χ1v) is 5.65. The van der Waals surface area contributed by atoms with Gasteiger partial charge in [-0.05, 0) is 24.4 Å². The van der Waals surface area contributed by atoms with Crippen molar-refractivity contribution in [2.24, 2.45) is 5.73 Å². The van der Waals surface area contributed by atoms with Gasteiger partial charge in [0.1, 0.15) is 5.75 Å². The van der Waals surface area contributed by atoms with Gasteiger partial charge in [-0.3, -0.25) is 0 Å². The number of aryl methyl sites for hydroxylation is 1. The molecule has 0 bridgehead atoms. The molecular weight excluding hydrogens is 206 g/mol. The van der Waals surface area contributed by atoms with Crippen LogP contribution in [0.4, 0.5) is 0 Å². The Balaban J connectivity index is 2.41. The molecule has 0 saturated heterocycles. The summed E-state index contributed by atoms with van der Waals surface area (Å²) in [5.74, 6) is 0.265. The van der Waals surface area contributed by atoms with Gasteiger partial charge in [0.25, 0.3) is 0 Å². The molecule has 0 aliphatic heterocycles. The van der Waals surface area contributed by atoms with Crippen LogP contribution in [0.5, 0.6) is 5.75 Å². The maximum absolute atomic E-state index is 9.73. The summed E-state index contributed by atoms with van der Waals surface area (Å²) in [6.07, 6.45) is 0. The lowest BCUT2D eigenvalue weighted by atomic mass is 10.0. The van der Waals surface area contributed by atoms with Crippen molar-refractivity contribution in [2.45, 2.75) is 13.0 Å². The number of aromatic hydroxyl groups is 1. The molecule has 1 heterocycles. The van der Waals surface area contributed by atoms with Gasteiger partial charge in [0.15, 0.2) is 0 Å². The zero-order valence-corrected chi connectivity index (χ0v) is 9.29. The molecule has 1 aromatic carbocycles. The zero-order valence-electron chi connectivity index (χ0n) is 8.47. The summed E-state index contributed by atoms with van der Waals surface area (Å²) < 4.78 is 0. The molecule has 2 aromatic rings. The topological polar surface area (TPSA) is 46.2 Å². The summed E-state index contributed by atoms with van der Waals surface area (Å²) in [6, 6.07) is 9.21. The van der Waals surface area contributed by atoms with Gasteiger partial charge in [0.2, 0.25) is 0 Å². The highest BCUT2D eigenvalue weighted by atomic mass is 32.1. The van der Waals surface area contributed by atoms with Crippen molar-refractivity contribution in [1.82, 2.24) is 0 Å². The molecule has 1 atom stereocenters. The average Bonchev–Trinajstić information content (AvgIpc) is 2.74. The predicted octanol–water partition coefficient (Wildman–Crippen LogP) is 2.81. The summed E-state index contributed by atoms with van der Waals surface area (Å²) >= 11 is 1.60. The molecule has 0 amide bonds.